The third-order valence-electron chi connectivity index (χ3n) is 5.32. The second-order valence-electron chi connectivity index (χ2n) is 9.23. The van der Waals surface area contributed by atoms with Gasteiger partial charge in [0.05, 0.1) is 31.1 Å². The SMILES string of the molecule is CC(C)CCOc1c(Br)cc(C(C)(C)c2cc(Br)c(OCCC(C)C)c(Br)c2)cc1Br. The fourth-order valence-corrected chi connectivity index (χ4v) is 5.91. The summed E-state index contributed by atoms with van der Waals surface area (Å²) in [5.41, 5.74) is 2.16. The van der Waals surface area contributed by atoms with Crippen LogP contribution in [0.2, 0.25) is 0 Å². The number of halogens is 4. The first-order valence-corrected chi connectivity index (χ1v) is 13.8. The molecule has 0 bridgehead atoms. The van der Waals surface area contributed by atoms with Gasteiger partial charge in [0, 0.05) is 5.41 Å². The summed E-state index contributed by atoms with van der Waals surface area (Å²) in [4.78, 5) is 0. The van der Waals surface area contributed by atoms with Crippen LogP contribution in [0, 0.1) is 11.8 Å². The molecule has 2 rings (SSSR count). The molecule has 6 heteroatoms. The maximum absolute atomic E-state index is 6.03. The molecule has 2 nitrogen and oxygen atoms in total. The number of ether oxygens (including phenoxy) is 2. The zero-order valence-electron chi connectivity index (χ0n) is 19.1. The van der Waals surface area contributed by atoms with Gasteiger partial charge in [0.25, 0.3) is 0 Å². The van der Waals surface area contributed by atoms with Crippen LogP contribution in [-0.2, 0) is 5.41 Å². The quantitative estimate of drug-likeness (QED) is 0.248. The van der Waals surface area contributed by atoms with Crippen LogP contribution in [0.25, 0.3) is 0 Å². The van der Waals surface area contributed by atoms with Gasteiger partial charge in [-0.2, -0.15) is 0 Å². The summed E-state index contributed by atoms with van der Waals surface area (Å²) in [6, 6.07) is 8.63. The lowest BCUT2D eigenvalue weighted by Gasteiger charge is -2.28. The third kappa shape index (κ3) is 7.48. The highest BCUT2D eigenvalue weighted by Crippen LogP contribution is 2.44. The van der Waals surface area contributed by atoms with E-state index in [-0.39, 0.29) is 5.41 Å². The fraction of sp³-hybridized carbons (Fsp3) is 0.520. The summed E-state index contributed by atoms with van der Waals surface area (Å²) in [6.45, 7) is 14.7. The maximum atomic E-state index is 6.03. The van der Waals surface area contributed by atoms with Crippen molar-refractivity contribution in [1.82, 2.24) is 0 Å². The van der Waals surface area contributed by atoms with Gasteiger partial charge in [-0.15, -0.1) is 0 Å². The van der Waals surface area contributed by atoms with Crippen LogP contribution >= 0.6 is 63.7 Å². The van der Waals surface area contributed by atoms with Crippen molar-refractivity contribution < 1.29 is 9.47 Å². The van der Waals surface area contributed by atoms with Crippen LogP contribution in [0.4, 0.5) is 0 Å². The lowest BCUT2D eigenvalue weighted by molar-refractivity contribution is 0.286. The molecule has 0 spiro atoms. The van der Waals surface area contributed by atoms with E-state index >= 15 is 0 Å². The summed E-state index contributed by atoms with van der Waals surface area (Å²) < 4.78 is 15.9. The van der Waals surface area contributed by atoms with Gasteiger partial charge in [-0.25, -0.2) is 0 Å². The molecule has 2 aromatic carbocycles. The minimum absolute atomic E-state index is 0.219. The van der Waals surface area contributed by atoms with Gasteiger partial charge in [-0.1, -0.05) is 41.5 Å². The van der Waals surface area contributed by atoms with Crippen molar-refractivity contribution in [2.75, 3.05) is 13.2 Å². The molecule has 2 aromatic rings. The highest BCUT2D eigenvalue weighted by atomic mass is 79.9. The first-order chi connectivity index (χ1) is 14.4. The average molecular weight is 684 g/mol. The van der Waals surface area contributed by atoms with Crippen LogP contribution < -0.4 is 9.47 Å². The van der Waals surface area contributed by atoms with Crippen LogP contribution in [0.5, 0.6) is 11.5 Å². The van der Waals surface area contributed by atoms with E-state index in [9.17, 15) is 0 Å². The molecule has 0 amide bonds. The highest BCUT2D eigenvalue weighted by Gasteiger charge is 2.27. The van der Waals surface area contributed by atoms with Gasteiger partial charge < -0.3 is 9.47 Å². The Hall–Kier alpha value is -0.0400. The molecule has 0 aliphatic heterocycles. The molecule has 0 unspecified atom stereocenters. The molecule has 0 heterocycles. The lowest BCUT2D eigenvalue weighted by Crippen LogP contribution is -2.19. The minimum Gasteiger partial charge on any atom is -0.491 e. The van der Waals surface area contributed by atoms with Crippen molar-refractivity contribution in [3.8, 4) is 11.5 Å². The van der Waals surface area contributed by atoms with Crippen LogP contribution in [0.1, 0.15) is 65.5 Å². The minimum atomic E-state index is -0.219. The van der Waals surface area contributed by atoms with Gasteiger partial charge in [0.15, 0.2) is 0 Å². The van der Waals surface area contributed by atoms with E-state index < -0.39 is 0 Å². The normalized spacial score (nSPS) is 12.0. The molecule has 0 radical (unpaired) electrons. The van der Waals surface area contributed by atoms with Gasteiger partial charge in [-0.05, 0) is 124 Å². The Labute approximate surface area is 221 Å². The molecule has 0 saturated heterocycles. The maximum Gasteiger partial charge on any atom is 0.147 e. The van der Waals surface area contributed by atoms with Crippen molar-refractivity contribution in [2.24, 2.45) is 11.8 Å². The standard InChI is InChI=1S/C25H32Br4O2/c1-15(2)7-9-30-23-19(26)11-17(12-20(23)27)25(5,6)18-13-21(28)24(22(29)14-18)31-10-8-16(3)4/h11-16H,7-10H2,1-6H3. The number of rotatable bonds is 10. The molecule has 31 heavy (non-hydrogen) atoms. The Morgan fingerprint density at radius 1 is 0.645 bits per heavy atom. The summed E-state index contributed by atoms with van der Waals surface area (Å²) in [5.74, 6) is 2.95. The molecule has 0 atom stereocenters. The van der Waals surface area contributed by atoms with Gasteiger partial charge in [0.2, 0.25) is 0 Å². The first-order valence-electron chi connectivity index (χ1n) is 10.7. The Bertz CT molecular complexity index is 774. The summed E-state index contributed by atoms with van der Waals surface area (Å²) in [6.07, 6.45) is 2.06. The molecule has 0 saturated carbocycles. The molecular formula is C25H32Br4O2. The average Bonchev–Trinajstić information content (AvgIpc) is 2.65. The predicted octanol–water partition coefficient (Wildman–Crippen LogP) is 9.91. The monoisotopic (exact) mass is 680 g/mol. The molecule has 172 valence electrons. The second kappa shape index (κ2) is 11.9. The van der Waals surface area contributed by atoms with Crippen LogP contribution in [-0.4, -0.2) is 13.2 Å². The molecule has 0 aliphatic carbocycles. The van der Waals surface area contributed by atoms with Crippen molar-refractivity contribution in [3.63, 3.8) is 0 Å². The van der Waals surface area contributed by atoms with Crippen LogP contribution in [0.15, 0.2) is 42.2 Å². The predicted molar refractivity (Wildman–Crippen MR) is 146 cm³/mol. The first kappa shape index (κ1) is 27.2. The zero-order valence-corrected chi connectivity index (χ0v) is 25.5. The molecule has 0 aliphatic rings. The van der Waals surface area contributed by atoms with E-state index in [1.807, 2.05) is 0 Å². The molecule has 0 aromatic heterocycles. The Morgan fingerprint density at radius 2 is 0.935 bits per heavy atom. The number of hydrogen-bond donors (Lipinski definition) is 0. The Balaban J connectivity index is 2.30. The third-order valence-corrected chi connectivity index (χ3v) is 7.68. The zero-order chi connectivity index (χ0) is 23.3. The van der Waals surface area contributed by atoms with E-state index in [1.54, 1.807) is 0 Å². The second-order valence-corrected chi connectivity index (χ2v) is 12.6. The van der Waals surface area contributed by atoms with Crippen molar-refractivity contribution in [3.05, 3.63) is 53.3 Å². The van der Waals surface area contributed by atoms with Gasteiger partial charge >= 0.3 is 0 Å². The summed E-state index contributed by atoms with van der Waals surface area (Å²) >= 11 is 14.9. The molecular weight excluding hydrogens is 652 g/mol. The van der Waals surface area contributed by atoms with E-state index in [0.29, 0.717) is 25.0 Å². The Morgan fingerprint density at radius 3 is 1.19 bits per heavy atom. The molecule has 0 N–H and O–H groups in total. The van der Waals surface area contributed by atoms with E-state index in [1.165, 1.54) is 11.1 Å². The molecule has 0 fully saturated rings. The largest absolute Gasteiger partial charge is 0.491 e. The number of hydrogen-bond acceptors (Lipinski definition) is 2. The van der Waals surface area contributed by atoms with Gasteiger partial charge in [0.1, 0.15) is 11.5 Å². The Kier molecular flexibility index (Phi) is 10.4. The highest BCUT2D eigenvalue weighted by molar-refractivity contribution is 9.11. The lowest BCUT2D eigenvalue weighted by atomic mass is 9.78. The van der Waals surface area contributed by atoms with Crippen LogP contribution in [0.3, 0.4) is 0 Å². The van der Waals surface area contributed by atoms with Gasteiger partial charge in [-0.3, -0.25) is 0 Å². The van der Waals surface area contributed by atoms with Crippen molar-refractivity contribution in [1.29, 1.82) is 0 Å². The smallest absolute Gasteiger partial charge is 0.147 e. The van der Waals surface area contributed by atoms with E-state index in [4.69, 9.17) is 9.47 Å². The number of benzene rings is 2. The van der Waals surface area contributed by atoms with Crippen molar-refractivity contribution >= 4 is 63.7 Å². The van der Waals surface area contributed by atoms with E-state index in [2.05, 4.69) is 130 Å². The summed E-state index contributed by atoms with van der Waals surface area (Å²) in [5, 5.41) is 0. The van der Waals surface area contributed by atoms with Crippen molar-refractivity contribution in [2.45, 2.75) is 59.8 Å². The van der Waals surface area contributed by atoms with E-state index in [0.717, 1.165) is 42.2 Å². The fourth-order valence-electron chi connectivity index (χ4n) is 3.08. The summed E-state index contributed by atoms with van der Waals surface area (Å²) in [7, 11) is 0. The topological polar surface area (TPSA) is 18.5 Å².